The topological polar surface area (TPSA) is 88.8 Å². The summed E-state index contributed by atoms with van der Waals surface area (Å²) in [6.45, 7) is 1.00. The van der Waals surface area contributed by atoms with Crippen molar-refractivity contribution >= 4 is 34.2 Å². The zero-order valence-corrected chi connectivity index (χ0v) is 16.7. The Kier molecular flexibility index (Phi) is 5.37. The Labute approximate surface area is 179 Å². The van der Waals surface area contributed by atoms with Crippen LogP contribution in [0.2, 0.25) is 0 Å². The van der Waals surface area contributed by atoms with Crippen LogP contribution in [-0.4, -0.2) is 30.6 Å². The van der Waals surface area contributed by atoms with Crippen molar-refractivity contribution in [2.75, 3.05) is 16.8 Å². The van der Waals surface area contributed by atoms with Crippen LogP contribution in [0.15, 0.2) is 57.7 Å². The molecule has 1 N–H and O–H groups in total. The molecule has 0 saturated carbocycles. The highest BCUT2D eigenvalue weighted by molar-refractivity contribution is 6.05. The minimum atomic E-state index is -4.84. The van der Waals surface area contributed by atoms with Gasteiger partial charge in [-0.2, -0.15) is 13.2 Å². The van der Waals surface area contributed by atoms with Crippen LogP contribution in [0.4, 0.5) is 24.5 Å². The molecular weight excluding hydrogens is 429 g/mol. The SMILES string of the molecule is Cc1cc(=O)oc2cc(OCC(=O)N3c4ccccc4NC(=O)CC3C(F)(F)F)ccc12. The zero-order valence-electron chi connectivity index (χ0n) is 16.7. The molecule has 10 heteroatoms. The third kappa shape index (κ3) is 4.16. The molecule has 0 spiro atoms. The number of amides is 2. The Morgan fingerprint density at radius 2 is 1.94 bits per heavy atom. The average molecular weight is 446 g/mol. The third-order valence-electron chi connectivity index (χ3n) is 5.06. The fraction of sp³-hybridized carbons (Fsp3) is 0.227. The smallest absolute Gasteiger partial charge is 0.409 e. The second-order valence-corrected chi connectivity index (χ2v) is 7.29. The van der Waals surface area contributed by atoms with Gasteiger partial charge in [-0.1, -0.05) is 12.1 Å². The van der Waals surface area contributed by atoms with Crippen LogP contribution in [0, 0.1) is 6.92 Å². The van der Waals surface area contributed by atoms with Gasteiger partial charge in [0.05, 0.1) is 17.8 Å². The Hall–Kier alpha value is -3.82. The van der Waals surface area contributed by atoms with Crippen LogP contribution in [-0.2, 0) is 9.59 Å². The summed E-state index contributed by atoms with van der Waals surface area (Å²) in [6, 6.07) is 9.26. The molecule has 166 valence electrons. The molecule has 2 amide bonds. The normalized spacial score (nSPS) is 16.3. The first-order valence-electron chi connectivity index (χ1n) is 9.58. The van der Waals surface area contributed by atoms with Gasteiger partial charge in [0.2, 0.25) is 5.91 Å². The summed E-state index contributed by atoms with van der Waals surface area (Å²) in [6.07, 6.45) is -5.78. The van der Waals surface area contributed by atoms with E-state index in [1.54, 1.807) is 13.0 Å². The molecule has 3 aromatic rings. The second kappa shape index (κ2) is 8.03. The van der Waals surface area contributed by atoms with Gasteiger partial charge in [0.15, 0.2) is 6.61 Å². The maximum Gasteiger partial charge on any atom is 0.409 e. The standard InChI is InChI=1S/C22H17F3N2O5/c1-12-8-21(30)32-17-9-13(6-7-14(12)17)31-11-20(29)27-16-5-3-2-4-15(16)26-19(28)10-18(27)22(23,24)25/h2-9,18H,10-11H2,1H3,(H,26,28). The number of benzene rings is 2. The number of nitrogens with one attached hydrogen (secondary N) is 1. The molecule has 0 saturated heterocycles. The third-order valence-corrected chi connectivity index (χ3v) is 5.06. The lowest BCUT2D eigenvalue weighted by molar-refractivity contribution is -0.158. The summed E-state index contributed by atoms with van der Waals surface area (Å²) in [4.78, 5) is 37.1. The number of aryl methyl sites for hydroxylation is 1. The monoisotopic (exact) mass is 446 g/mol. The lowest BCUT2D eigenvalue weighted by Gasteiger charge is -2.31. The van der Waals surface area contributed by atoms with Gasteiger partial charge in [-0.3, -0.25) is 14.5 Å². The Morgan fingerprint density at radius 1 is 1.19 bits per heavy atom. The van der Waals surface area contributed by atoms with Crippen molar-refractivity contribution in [3.8, 4) is 5.75 Å². The van der Waals surface area contributed by atoms with Crippen LogP contribution in [0.1, 0.15) is 12.0 Å². The molecule has 0 fully saturated rings. The summed E-state index contributed by atoms with van der Waals surface area (Å²) in [5, 5.41) is 3.06. The number of halogens is 3. The number of fused-ring (bicyclic) bond motifs is 2. The van der Waals surface area contributed by atoms with E-state index in [9.17, 15) is 27.6 Å². The Bertz CT molecular complexity index is 1270. The van der Waals surface area contributed by atoms with Crippen LogP contribution >= 0.6 is 0 Å². The zero-order chi connectivity index (χ0) is 23.0. The molecule has 1 aliphatic heterocycles. The summed E-state index contributed by atoms with van der Waals surface area (Å²) in [5.41, 5.74) is 0.373. The van der Waals surface area contributed by atoms with Gasteiger partial charge in [0.1, 0.15) is 17.4 Å². The number of ether oxygens (including phenoxy) is 1. The molecule has 0 radical (unpaired) electrons. The summed E-state index contributed by atoms with van der Waals surface area (Å²) in [7, 11) is 0. The molecular formula is C22H17F3N2O5. The van der Waals surface area contributed by atoms with Gasteiger partial charge in [-0.05, 0) is 36.8 Å². The fourth-order valence-electron chi connectivity index (χ4n) is 3.61. The van der Waals surface area contributed by atoms with Crippen LogP contribution in [0.5, 0.6) is 5.75 Å². The average Bonchev–Trinajstić information content (AvgIpc) is 2.87. The molecule has 1 aromatic heterocycles. The second-order valence-electron chi connectivity index (χ2n) is 7.29. The van der Waals surface area contributed by atoms with Crippen molar-refractivity contribution < 1.29 is 31.9 Å². The predicted octanol–water partition coefficient (Wildman–Crippen LogP) is 3.79. The molecule has 1 atom stereocenters. The van der Waals surface area contributed by atoms with E-state index >= 15 is 0 Å². The number of nitrogens with zero attached hydrogens (tertiary/aromatic N) is 1. The van der Waals surface area contributed by atoms with E-state index < -0.39 is 42.7 Å². The van der Waals surface area contributed by atoms with Crippen LogP contribution in [0.3, 0.4) is 0 Å². The molecule has 1 aliphatic rings. The number of hydrogen-bond donors (Lipinski definition) is 1. The summed E-state index contributed by atoms with van der Waals surface area (Å²) in [5.74, 6) is -1.70. The van der Waals surface area contributed by atoms with E-state index in [1.807, 2.05) is 0 Å². The van der Waals surface area contributed by atoms with Crippen molar-refractivity contribution in [1.29, 1.82) is 0 Å². The van der Waals surface area contributed by atoms with Gasteiger partial charge in [0.25, 0.3) is 5.91 Å². The van der Waals surface area contributed by atoms with E-state index in [4.69, 9.17) is 9.15 Å². The molecule has 0 bridgehead atoms. The highest BCUT2D eigenvalue weighted by Crippen LogP contribution is 2.37. The number of alkyl halides is 3. The number of hydrogen-bond acceptors (Lipinski definition) is 5. The van der Waals surface area contributed by atoms with Crippen molar-refractivity contribution in [3.05, 3.63) is 64.5 Å². The van der Waals surface area contributed by atoms with Gasteiger partial charge in [-0.15, -0.1) is 0 Å². The lowest BCUT2D eigenvalue weighted by atomic mass is 10.1. The van der Waals surface area contributed by atoms with Crippen LogP contribution < -0.4 is 20.6 Å². The molecule has 32 heavy (non-hydrogen) atoms. The maximum absolute atomic E-state index is 13.8. The minimum absolute atomic E-state index is 0.0746. The van der Waals surface area contributed by atoms with E-state index in [1.165, 1.54) is 42.5 Å². The predicted molar refractivity (Wildman–Crippen MR) is 110 cm³/mol. The van der Waals surface area contributed by atoms with Crippen LogP contribution in [0.25, 0.3) is 11.0 Å². The van der Waals surface area contributed by atoms with E-state index in [-0.39, 0.29) is 22.7 Å². The molecule has 2 aromatic carbocycles. The molecule has 2 heterocycles. The number of para-hydroxylation sites is 2. The van der Waals surface area contributed by atoms with Gasteiger partial charge in [0, 0.05) is 17.5 Å². The van der Waals surface area contributed by atoms with Gasteiger partial charge in [-0.25, -0.2) is 4.79 Å². The molecule has 1 unspecified atom stereocenters. The van der Waals surface area contributed by atoms with Crippen molar-refractivity contribution in [3.63, 3.8) is 0 Å². The largest absolute Gasteiger partial charge is 0.484 e. The van der Waals surface area contributed by atoms with Crippen molar-refractivity contribution in [2.45, 2.75) is 25.6 Å². The number of anilines is 2. The van der Waals surface area contributed by atoms with E-state index in [2.05, 4.69) is 5.32 Å². The van der Waals surface area contributed by atoms with E-state index in [0.717, 1.165) is 0 Å². The first-order valence-corrected chi connectivity index (χ1v) is 9.58. The highest BCUT2D eigenvalue weighted by atomic mass is 19.4. The summed E-state index contributed by atoms with van der Waals surface area (Å²) >= 11 is 0. The maximum atomic E-state index is 13.8. The highest BCUT2D eigenvalue weighted by Gasteiger charge is 2.49. The Morgan fingerprint density at radius 3 is 2.69 bits per heavy atom. The van der Waals surface area contributed by atoms with E-state index in [0.29, 0.717) is 15.8 Å². The fourth-order valence-corrected chi connectivity index (χ4v) is 3.61. The molecule has 0 aliphatic carbocycles. The minimum Gasteiger partial charge on any atom is -0.484 e. The first kappa shape index (κ1) is 21.4. The Balaban J connectivity index is 1.64. The first-order chi connectivity index (χ1) is 15.1. The lowest BCUT2D eigenvalue weighted by Crippen LogP contribution is -2.51. The summed E-state index contributed by atoms with van der Waals surface area (Å²) < 4.78 is 51.8. The van der Waals surface area contributed by atoms with Gasteiger partial charge < -0.3 is 14.5 Å². The molecule has 7 nitrogen and oxygen atoms in total. The quantitative estimate of drug-likeness (QED) is 0.619. The number of carbonyl (C=O) groups is 2. The molecule has 4 rings (SSSR count). The number of rotatable bonds is 3. The van der Waals surface area contributed by atoms with Crippen molar-refractivity contribution in [1.82, 2.24) is 0 Å². The van der Waals surface area contributed by atoms with Crippen molar-refractivity contribution in [2.24, 2.45) is 0 Å². The van der Waals surface area contributed by atoms with Gasteiger partial charge >= 0.3 is 11.8 Å². The number of carbonyl (C=O) groups excluding carboxylic acids is 2.